The molecule has 1 atom stereocenters. The number of rotatable bonds is 7. The van der Waals surface area contributed by atoms with Gasteiger partial charge in [-0.15, -0.1) is 0 Å². The van der Waals surface area contributed by atoms with E-state index in [0.29, 0.717) is 15.0 Å². The summed E-state index contributed by atoms with van der Waals surface area (Å²) in [6.07, 6.45) is 0. The first kappa shape index (κ1) is 16.3. The Morgan fingerprint density at radius 3 is 2.05 bits per heavy atom. The van der Waals surface area contributed by atoms with Crippen LogP contribution in [0.4, 0.5) is 0 Å². The van der Waals surface area contributed by atoms with Crippen LogP contribution in [0.1, 0.15) is 19.4 Å². The predicted octanol–water partition coefficient (Wildman–Crippen LogP) is 3.59. The fourth-order valence-electron chi connectivity index (χ4n) is 2.32. The molecule has 0 heterocycles. The molecule has 0 spiro atoms. The van der Waals surface area contributed by atoms with Gasteiger partial charge in [0.25, 0.3) is 0 Å². The monoisotopic (exact) mass is 347 g/mol. The third kappa shape index (κ3) is 5.67. The topological polar surface area (TPSA) is 3.24 Å². The average molecular weight is 346 g/mol. The molecule has 1 unspecified atom stereocenters. The maximum absolute atomic E-state index is 2.46. The minimum absolute atomic E-state index is 0.542. The Bertz CT molecular complexity index is 510. The third-order valence-electron chi connectivity index (χ3n) is 3.56. The maximum atomic E-state index is 2.46. The molecular formula is C19H25NSe. The molecule has 0 aliphatic heterocycles. The molecule has 0 saturated carbocycles. The molecule has 0 amide bonds. The zero-order chi connectivity index (χ0) is 15.1. The van der Waals surface area contributed by atoms with Crippen LogP contribution in [-0.4, -0.2) is 33.4 Å². The van der Waals surface area contributed by atoms with Gasteiger partial charge in [-0.25, -0.2) is 0 Å². The fraction of sp³-hybridized carbons (Fsp3) is 0.368. The van der Waals surface area contributed by atoms with Gasteiger partial charge in [-0.1, -0.05) is 0 Å². The van der Waals surface area contributed by atoms with Gasteiger partial charge < -0.3 is 0 Å². The van der Waals surface area contributed by atoms with Gasteiger partial charge in [0.15, 0.2) is 0 Å². The summed E-state index contributed by atoms with van der Waals surface area (Å²) in [6, 6.07) is 21.7. The van der Waals surface area contributed by atoms with Crippen LogP contribution in [0.15, 0.2) is 60.7 Å². The first-order chi connectivity index (χ1) is 10.1. The van der Waals surface area contributed by atoms with Gasteiger partial charge >= 0.3 is 135 Å². The first-order valence-electron chi connectivity index (χ1n) is 7.59. The summed E-state index contributed by atoms with van der Waals surface area (Å²) < 4.78 is 1.51. The summed E-state index contributed by atoms with van der Waals surface area (Å²) in [7, 11) is 2.24. The van der Waals surface area contributed by atoms with Gasteiger partial charge in [-0.3, -0.25) is 0 Å². The van der Waals surface area contributed by atoms with E-state index < -0.39 is 0 Å². The minimum atomic E-state index is 0.542. The molecule has 2 aromatic rings. The van der Waals surface area contributed by atoms with Crippen LogP contribution in [0, 0.1) is 5.92 Å². The van der Waals surface area contributed by atoms with E-state index in [1.54, 1.807) is 0 Å². The second kappa shape index (κ2) is 8.38. The molecule has 0 aromatic heterocycles. The number of benzene rings is 2. The molecule has 0 N–H and O–H groups in total. The van der Waals surface area contributed by atoms with Crippen molar-refractivity contribution in [3.05, 3.63) is 66.2 Å². The number of nitrogens with zero attached hydrogens (tertiary/aromatic N) is 1. The zero-order valence-corrected chi connectivity index (χ0v) is 14.9. The van der Waals surface area contributed by atoms with E-state index >= 15 is 0 Å². The second-order valence-corrected chi connectivity index (χ2v) is 8.65. The molecule has 2 rings (SSSR count). The molecule has 112 valence electrons. The van der Waals surface area contributed by atoms with E-state index in [1.807, 2.05) is 0 Å². The summed E-state index contributed by atoms with van der Waals surface area (Å²) in [5, 5.41) is 0. The Morgan fingerprint density at radius 2 is 1.48 bits per heavy atom. The average Bonchev–Trinajstić information content (AvgIpc) is 2.48. The summed E-state index contributed by atoms with van der Waals surface area (Å²) in [5.74, 6) is 0.725. The van der Waals surface area contributed by atoms with Crippen molar-refractivity contribution < 1.29 is 0 Å². The van der Waals surface area contributed by atoms with Gasteiger partial charge in [-0.2, -0.15) is 0 Å². The van der Waals surface area contributed by atoms with Crippen LogP contribution in [-0.2, 0) is 6.54 Å². The molecule has 0 saturated heterocycles. The first-order valence-corrected chi connectivity index (χ1v) is 9.44. The normalized spacial score (nSPS) is 12.8. The van der Waals surface area contributed by atoms with Gasteiger partial charge in [0, 0.05) is 0 Å². The number of hydrogen-bond donors (Lipinski definition) is 0. The van der Waals surface area contributed by atoms with E-state index in [9.17, 15) is 0 Å². The van der Waals surface area contributed by atoms with E-state index in [0.717, 1.165) is 17.3 Å². The third-order valence-corrected chi connectivity index (χ3v) is 6.79. The molecular weight excluding hydrogens is 321 g/mol. The standard InChI is InChI=1S/C19H25NSe/c1-16(2)19(21-18-12-8-5-9-13-18)15-20(3)14-17-10-6-4-7-11-17/h4-13,16,19H,14-15H2,1-3H3. The molecule has 21 heavy (non-hydrogen) atoms. The molecule has 0 bridgehead atoms. The molecule has 0 fully saturated rings. The van der Waals surface area contributed by atoms with Crippen LogP contribution < -0.4 is 4.46 Å². The number of hydrogen-bond acceptors (Lipinski definition) is 1. The van der Waals surface area contributed by atoms with Gasteiger partial charge in [0.2, 0.25) is 0 Å². The van der Waals surface area contributed by atoms with E-state index in [4.69, 9.17) is 0 Å². The Labute approximate surface area is 135 Å². The van der Waals surface area contributed by atoms with Crippen molar-refractivity contribution in [1.82, 2.24) is 4.90 Å². The Balaban J connectivity index is 1.93. The van der Waals surface area contributed by atoms with Crippen LogP contribution in [0.5, 0.6) is 0 Å². The summed E-state index contributed by atoms with van der Waals surface area (Å²) in [6.45, 7) is 6.91. The molecule has 2 heteroatoms. The summed E-state index contributed by atoms with van der Waals surface area (Å²) >= 11 is 0.542. The van der Waals surface area contributed by atoms with Crippen molar-refractivity contribution in [2.75, 3.05) is 13.6 Å². The van der Waals surface area contributed by atoms with E-state index in [1.165, 1.54) is 16.6 Å². The van der Waals surface area contributed by atoms with Gasteiger partial charge in [-0.05, 0) is 0 Å². The van der Waals surface area contributed by atoms with Crippen LogP contribution in [0.3, 0.4) is 0 Å². The molecule has 0 aliphatic rings. The summed E-state index contributed by atoms with van der Waals surface area (Å²) in [4.78, 5) is 3.22. The predicted molar refractivity (Wildman–Crippen MR) is 93.2 cm³/mol. The van der Waals surface area contributed by atoms with Crippen molar-refractivity contribution >= 4 is 19.4 Å². The van der Waals surface area contributed by atoms with Crippen molar-refractivity contribution in [1.29, 1.82) is 0 Å². The van der Waals surface area contributed by atoms with E-state index in [-0.39, 0.29) is 0 Å². The molecule has 2 aromatic carbocycles. The Kier molecular flexibility index (Phi) is 6.50. The second-order valence-electron chi connectivity index (χ2n) is 5.90. The van der Waals surface area contributed by atoms with Gasteiger partial charge in [0.05, 0.1) is 0 Å². The molecule has 0 aliphatic carbocycles. The summed E-state index contributed by atoms with van der Waals surface area (Å²) in [5.41, 5.74) is 1.40. The Hall–Kier alpha value is -1.08. The van der Waals surface area contributed by atoms with Crippen molar-refractivity contribution in [3.63, 3.8) is 0 Å². The van der Waals surface area contributed by atoms with Crippen molar-refractivity contribution in [2.45, 2.75) is 25.2 Å². The molecule has 0 radical (unpaired) electrons. The van der Waals surface area contributed by atoms with Crippen LogP contribution >= 0.6 is 0 Å². The quantitative estimate of drug-likeness (QED) is 0.693. The zero-order valence-electron chi connectivity index (χ0n) is 13.2. The van der Waals surface area contributed by atoms with Crippen LogP contribution in [0.25, 0.3) is 0 Å². The van der Waals surface area contributed by atoms with E-state index in [2.05, 4.69) is 86.5 Å². The Morgan fingerprint density at radius 1 is 0.905 bits per heavy atom. The van der Waals surface area contributed by atoms with Gasteiger partial charge in [0.1, 0.15) is 0 Å². The van der Waals surface area contributed by atoms with Crippen molar-refractivity contribution in [3.8, 4) is 0 Å². The fourth-order valence-corrected chi connectivity index (χ4v) is 4.98. The SMILES string of the molecule is CC(C)C(CN(C)Cc1ccccc1)[Se]c1ccccc1. The molecule has 1 nitrogen and oxygen atoms in total. The van der Waals surface area contributed by atoms with Crippen LogP contribution in [0.2, 0.25) is 4.82 Å². The van der Waals surface area contributed by atoms with Crippen molar-refractivity contribution in [2.24, 2.45) is 5.92 Å².